The van der Waals surface area contributed by atoms with Crippen molar-refractivity contribution in [2.75, 3.05) is 20.2 Å². The summed E-state index contributed by atoms with van der Waals surface area (Å²) in [5.41, 5.74) is 0.124. The monoisotopic (exact) mass is 258 g/mol. The highest BCUT2D eigenvalue weighted by Crippen LogP contribution is 2.28. The van der Waals surface area contributed by atoms with Gasteiger partial charge in [0.15, 0.2) is 0 Å². The minimum Gasteiger partial charge on any atom is -0.453 e. The van der Waals surface area contributed by atoms with Gasteiger partial charge in [-0.2, -0.15) is 0 Å². The molecule has 0 rings (SSSR count). The van der Waals surface area contributed by atoms with Crippen LogP contribution in [0.5, 0.6) is 0 Å². The van der Waals surface area contributed by atoms with Crippen LogP contribution in [0.1, 0.15) is 40.5 Å². The number of rotatable bonds is 7. The van der Waals surface area contributed by atoms with Gasteiger partial charge in [-0.05, 0) is 24.2 Å². The minimum absolute atomic E-state index is 0.00649. The van der Waals surface area contributed by atoms with Gasteiger partial charge < -0.3 is 15.4 Å². The van der Waals surface area contributed by atoms with Crippen molar-refractivity contribution in [3.63, 3.8) is 0 Å². The standard InChI is InChI=1S/C13H26N2O3/c1-10(9-15-11(2)16)8-13(3,4)6-7-14-12(17)18-5/h10H,6-9H2,1-5H3,(H,14,17)(H,15,16). The van der Waals surface area contributed by atoms with Crippen LogP contribution in [0, 0.1) is 11.3 Å². The summed E-state index contributed by atoms with van der Waals surface area (Å²) in [5, 5.41) is 5.50. The Balaban J connectivity index is 3.90. The van der Waals surface area contributed by atoms with Crippen LogP contribution in [0.4, 0.5) is 4.79 Å². The summed E-state index contributed by atoms with van der Waals surface area (Å²) in [4.78, 5) is 21.7. The SMILES string of the molecule is COC(=O)NCCC(C)(C)CC(C)CNC(C)=O. The fraction of sp³-hybridized carbons (Fsp3) is 0.846. The van der Waals surface area contributed by atoms with E-state index in [0.717, 1.165) is 12.8 Å². The Labute approximate surface area is 110 Å². The summed E-state index contributed by atoms with van der Waals surface area (Å²) < 4.78 is 4.51. The molecule has 0 aliphatic heterocycles. The number of hydrogen-bond acceptors (Lipinski definition) is 3. The molecule has 0 aromatic heterocycles. The molecule has 5 nitrogen and oxygen atoms in total. The topological polar surface area (TPSA) is 67.4 Å². The van der Waals surface area contributed by atoms with Crippen LogP contribution in [-0.2, 0) is 9.53 Å². The zero-order chi connectivity index (χ0) is 14.2. The van der Waals surface area contributed by atoms with Crippen LogP contribution < -0.4 is 10.6 Å². The molecule has 0 radical (unpaired) electrons. The van der Waals surface area contributed by atoms with Gasteiger partial charge in [-0.15, -0.1) is 0 Å². The Kier molecular flexibility index (Phi) is 7.39. The largest absolute Gasteiger partial charge is 0.453 e. The van der Waals surface area contributed by atoms with Crippen LogP contribution in [0.3, 0.4) is 0 Å². The first kappa shape index (κ1) is 16.7. The molecule has 106 valence electrons. The summed E-state index contributed by atoms with van der Waals surface area (Å²) in [6, 6.07) is 0. The van der Waals surface area contributed by atoms with E-state index >= 15 is 0 Å². The number of nitrogens with one attached hydrogen (secondary N) is 2. The van der Waals surface area contributed by atoms with E-state index in [2.05, 4.69) is 36.1 Å². The second-order valence-corrected chi connectivity index (χ2v) is 5.58. The number of ether oxygens (including phenoxy) is 1. The van der Waals surface area contributed by atoms with E-state index in [1.165, 1.54) is 14.0 Å². The van der Waals surface area contributed by atoms with Gasteiger partial charge in [0.1, 0.15) is 0 Å². The minimum atomic E-state index is -0.392. The molecule has 0 spiro atoms. The lowest BCUT2D eigenvalue weighted by Gasteiger charge is -2.28. The summed E-state index contributed by atoms with van der Waals surface area (Å²) in [6.45, 7) is 9.27. The summed E-state index contributed by atoms with van der Waals surface area (Å²) in [6.07, 6.45) is 1.49. The zero-order valence-corrected chi connectivity index (χ0v) is 12.1. The van der Waals surface area contributed by atoms with Crippen molar-refractivity contribution in [2.45, 2.75) is 40.5 Å². The quantitative estimate of drug-likeness (QED) is 0.733. The second kappa shape index (κ2) is 7.95. The maximum absolute atomic E-state index is 10.9. The lowest BCUT2D eigenvalue weighted by atomic mass is 9.80. The Morgan fingerprint density at radius 3 is 2.39 bits per heavy atom. The highest BCUT2D eigenvalue weighted by atomic mass is 16.5. The average molecular weight is 258 g/mol. The maximum Gasteiger partial charge on any atom is 0.406 e. The van der Waals surface area contributed by atoms with Crippen LogP contribution in [-0.4, -0.2) is 32.2 Å². The van der Waals surface area contributed by atoms with Crippen molar-refractivity contribution >= 4 is 12.0 Å². The van der Waals surface area contributed by atoms with Gasteiger partial charge in [0.05, 0.1) is 7.11 Å². The molecule has 0 heterocycles. The molecule has 0 bridgehead atoms. The van der Waals surface area contributed by atoms with Crippen LogP contribution in [0.15, 0.2) is 0 Å². The Bertz CT molecular complexity index is 277. The van der Waals surface area contributed by atoms with Gasteiger partial charge >= 0.3 is 6.09 Å². The number of amides is 2. The molecule has 0 saturated carbocycles. The van der Waals surface area contributed by atoms with E-state index in [4.69, 9.17) is 0 Å². The predicted molar refractivity (Wildman–Crippen MR) is 71.3 cm³/mol. The number of methoxy groups -OCH3 is 1. The number of carbonyl (C=O) groups excluding carboxylic acids is 2. The van der Waals surface area contributed by atoms with E-state index in [1.54, 1.807) is 0 Å². The smallest absolute Gasteiger partial charge is 0.406 e. The lowest BCUT2D eigenvalue weighted by Crippen LogP contribution is -2.31. The van der Waals surface area contributed by atoms with Crippen molar-refractivity contribution in [1.29, 1.82) is 0 Å². The van der Waals surface area contributed by atoms with Gasteiger partial charge in [0.2, 0.25) is 5.91 Å². The molecule has 1 unspecified atom stereocenters. The van der Waals surface area contributed by atoms with E-state index in [-0.39, 0.29) is 11.3 Å². The number of carbonyl (C=O) groups is 2. The molecule has 0 aromatic carbocycles. The fourth-order valence-corrected chi connectivity index (χ4v) is 2.01. The van der Waals surface area contributed by atoms with E-state index < -0.39 is 6.09 Å². The Hall–Kier alpha value is -1.26. The molecular weight excluding hydrogens is 232 g/mol. The van der Waals surface area contributed by atoms with Crippen LogP contribution >= 0.6 is 0 Å². The summed E-state index contributed by atoms with van der Waals surface area (Å²) in [7, 11) is 1.36. The lowest BCUT2D eigenvalue weighted by molar-refractivity contribution is -0.119. The average Bonchev–Trinajstić information content (AvgIpc) is 2.25. The Morgan fingerprint density at radius 1 is 1.28 bits per heavy atom. The molecule has 0 saturated heterocycles. The van der Waals surface area contributed by atoms with E-state index in [0.29, 0.717) is 19.0 Å². The molecule has 18 heavy (non-hydrogen) atoms. The molecule has 2 amide bonds. The van der Waals surface area contributed by atoms with Crippen molar-refractivity contribution in [3.05, 3.63) is 0 Å². The third kappa shape index (κ3) is 8.84. The second-order valence-electron chi connectivity index (χ2n) is 5.58. The first-order valence-electron chi connectivity index (χ1n) is 6.33. The molecular formula is C13H26N2O3. The van der Waals surface area contributed by atoms with Gasteiger partial charge in [-0.3, -0.25) is 4.79 Å². The molecule has 5 heteroatoms. The summed E-state index contributed by atoms with van der Waals surface area (Å²) in [5.74, 6) is 0.425. The maximum atomic E-state index is 10.9. The van der Waals surface area contributed by atoms with Crippen LogP contribution in [0.25, 0.3) is 0 Å². The van der Waals surface area contributed by atoms with Gasteiger partial charge in [0, 0.05) is 20.0 Å². The van der Waals surface area contributed by atoms with Crippen LogP contribution in [0.2, 0.25) is 0 Å². The van der Waals surface area contributed by atoms with Crippen molar-refractivity contribution < 1.29 is 14.3 Å². The molecule has 0 aliphatic rings. The first-order chi connectivity index (χ1) is 8.26. The summed E-state index contributed by atoms with van der Waals surface area (Å²) >= 11 is 0. The van der Waals surface area contributed by atoms with E-state index in [9.17, 15) is 9.59 Å². The first-order valence-corrected chi connectivity index (χ1v) is 6.33. The zero-order valence-electron chi connectivity index (χ0n) is 12.1. The molecule has 0 aliphatic carbocycles. The normalized spacial score (nSPS) is 12.7. The van der Waals surface area contributed by atoms with Crippen molar-refractivity contribution in [3.8, 4) is 0 Å². The third-order valence-electron chi connectivity index (χ3n) is 2.86. The van der Waals surface area contributed by atoms with Gasteiger partial charge in [-0.25, -0.2) is 4.79 Å². The number of alkyl carbamates (subject to hydrolysis) is 1. The fourth-order valence-electron chi connectivity index (χ4n) is 2.01. The van der Waals surface area contributed by atoms with Gasteiger partial charge in [0.25, 0.3) is 0 Å². The highest BCUT2D eigenvalue weighted by Gasteiger charge is 2.21. The van der Waals surface area contributed by atoms with E-state index in [1.807, 2.05) is 0 Å². The number of hydrogen-bond donors (Lipinski definition) is 2. The van der Waals surface area contributed by atoms with Gasteiger partial charge in [-0.1, -0.05) is 20.8 Å². The molecule has 0 aromatic rings. The van der Waals surface area contributed by atoms with Crippen molar-refractivity contribution in [2.24, 2.45) is 11.3 Å². The Morgan fingerprint density at radius 2 is 1.89 bits per heavy atom. The molecule has 1 atom stereocenters. The predicted octanol–water partition coefficient (Wildman–Crippen LogP) is 1.92. The van der Waals surface area contributed by atoms with Crippen molar-refractivity contribution in [1.82, 2.24) is 10.6 Å². The molecule has 0 fully saturated rings. The highest BCUT2D eigenvalue weighted by molar-refractivity contribution is 5.72. The third-order valence-corrected chi connectivity index (χ3v) is 2.86. The molecule has 2 N–H and O–H groups in total.